The van der Waals surface area contributed by atoms with Crippen molar-refractivity contribution in [2.24, 2.45) is 10.9 Å². The van der Waals surface area contributed by atoms with Crippen LogP contribution >= 0.6 is 23.2 Å². The van der Waals surface area contributed by atoms with Crippen LogP contribution in [0.3, 0.4) is 0 Å². The Morgan fingerprint density at radius 3 is 1.59 bits per heavy atom. The summed E-state index contributed by atoms with van der Waals surface area (Å²) < 4.78 is 0. The molecule has 0 saturated carbocycles. The quantitative estimate of drug-likeness (QED) is 0.501. The van der Waals surface area contributed by atoms with E-state index in [2.05, 4.69) is 5.10 Å². The highest BCUT2D eigenvalue weighted by Crippen LogP contribution is 2.23. The number of nitrogens with two attached hydrogens (primary N) is 1. The van der Waals surface area contributed by atoms with Crippen LogP contribution < -0.4 is 5.84 Å². The number of hydrazone groups is 1. The van der Waals surface area contributed by atoms with E-state index in [4.69, 9.17) is 29.0 Å². The van der Waals surface area contributed by atoms with Gasteiger partial charge in [0.1, 0.15) is 5.71 Å². The largest absolute Gasteiger partial charge is 0.323 e. The molecule has 4 heteroatoms. The van der Waals surface area contributed by atoms with E-state index in [1.807, 2.05) is 36.4 Å². The molecule has 0 radical (unpaired) electrons. The first-order valence-electron chi connectivity index (χ1n) is 5.01. The lowest BCUT2D eigenvalue weighted by Crippen LogP contribution is -2.07. The molecule has 0 atom stereocenters. The fourth-order valence-electron chi connectivity index (χ4n) is 1.59. The average Bonchev–Trinajstić information content (AvgIpc) is 2.34. The van der Waals surface area contributed by atoms with Gasteiger partial charge in [0.25, 0.3) is 0 Å². The summed E-state index contributed by atoms with van der Waals surface area (Å²) in [7, 11) is 0. The molecule has 2 rings (SSSR count). The van der Waals surface area contributed by atoms with Gasteiger partial charge < -0.3 is 5.84 Å². The van der Waals surface area contributed by atoms with Crippen LogP contribution in [0, 0.1) is 0 Å². The predicted molar refractivity (Wildman–Crippen MR) is 72.7 cm³/mol. The number of halogens is 2. The van der Waals surface area contributed by atoms with E-state index in [1.54, 1.807) is 12.1 Å². The average molecular weight is 265 g/mol. The van der Waals surface area contributed by atoms with Crippen molar-refractivity contribution in [1.82, 2.24) is 0 Å². The Morgan fingerprint density at radius 2 is 1.24 bits per heavy atom. The lowest BCUT2D eigenvalue weighted by atomic mass is 10.0. The first-order chi connectivity index (χ1) is 8.24. The number of rotatable bonds is 2. The highest BCUT2D eigenvalue weighted by molar-refractivity contribution is 6.38. The maximum atomic E-state index is 6.12. The molecule has 0 amide bonds. The summed E-state index contributed by atoms with van der Waals surface area (Å²) >= 11 is 12.2. The van der Waals surface area contributed by atoms with E-state index < -0.39 is 0 Å². The summed E-state index contributed by atoms with van der Waals surface area (Å²) in [5, 5.41) is 4.99. The number of benzene rings is 2. The molecule has 0 unspecified atom stereocenters. The molecular formula is C13H10Cl2N2. The molecular weight excluding hydrogens is 255 g/mol. The fourth-order valence-corrected chi connectivity index (χ4v) is 2.04. The minimum Gasteiger partial charge on any atom is -0.323 e. The predicted octanol–water partition coefficient (Wildman–Crippen LogP) is 3.70. The van der Waals surface area contributed by atoms with Crippen LogP contribution in [0.15, 0.2) is 53.6 Å². The molecule has 2 aromatic rings. The van der Waals surface area contributed by atoms with Crippen LogP contribution in [0.2, 0.25) is 10.0 Å². The van der Waals surface area contributed by atoms with Crippen molar-refractivity contribution < 1.29 is 0 Å². The summed E-state index contributed by atoms with van der Waals surface area (Å²) in [5.41, 5.74) is 2.12. The van der Waals surface area contributed by atoms with Crippen molar-refractivity contribution >= 4 is 28.9 Å². The van der Waals surface area contributed by atoms with E-state index in [0.29, 0.717) is 15.8 Å². The molecule has 0 fully saturated rings. The second-order valence-electron chi connectivity index (χ2n) is 3.44. The van der Waals surface area contributed by atoms with Crippen LogP contribution in [0.4, 0.5) is 0 Å². The highest BCUT2D eigenvalue weighted by Gasteiger charge is 2.12. The monoisotopic (exact) mass is 264 g/mol. The first kappa shape index (κ1) is 12.0. The smallest absolute Gasteiger partial charge is 0.100 e. The molecule has 2 nitrogen and oxygen atoms in total. The normalized spacial score (nSPS) is 10.0. The summed E-state index contributed by atoms with van der Waals surface area (Å²) in [4.78, 5) is 0. The Morgan fingerprint density at radius 1 is 0.824 bits per heavy atom. The summed E-state index contributed by atoms with van der Waals surface area (Å²) in [5.74, 6) is 5.45. The van der Waals surface area contributed by atoms with E-state index in [9.17, 15) is 0 Å². The van der Waals surface area contributed by atoms with Gasteiger partial charge in [-0.25, -0.2) is 0 Å². The highest BCUT2D eigenvalue weighted by atomic mass is 35.5. The molecule has 86 valence electrons. The van der Waals surface area contributed by atoms with Crippen LogP contribution in [-0.2, 0) is 0 Å². The topological polar surface area (TPSA) is 38.4 Å². The zero-order valence-corrected chi connectivity index (χ0v) is 10.4. The molecule has 17 heavy (non-hydrogen) atoms. The molecule has 0 aliphatic rings. The lowest BCUT2D eigenvalue weighted by Gasteiger charge is -2.09. The van der Waals surface area contributed by atoms with E-state index in [1.165, 1.54) is 0 Å². The zero-order valence-electron chi connectivity index (χ0n) is 8.90. The Balaban J connectivity index is 2.57. The molecule has 0 aliphatic carbocycles. The maximum Gasteiger partial charge on any atom is 0.100 e. The van der Waals surface area contributed by atoms with Gasteiger partial charge in [0, 0.05) is 11.1 Å². The molecule has 0 spiro atoms. The second kappa shape index (κ2) is 5.21. The van der Waals surface area contributed by atoms with Gasteiger partial charge >= 0.3 is 0 Å². The van der Waals surface area contributed by atoms with Gasteiger partial charge in [-0.2, -0.15) is 5.10 Å². The number of hydrogen-bond acceptors (Lipinski definition) is 2. The van der Waals surface area contributed by atoms with E-state index >= 15 is 0 Å². The van der Waals surface area contributed by atoms with Gasteiger partial charge in [-0.1, -0.05) is 59.6 Å². The van der Waals surface area contributed by atoms with Crippen LogP contribution in [-0.4, -0.2) is 5.71 Å². The summed E-state index contributed by atoms with van der Waals surface area (Å²) in [6, 6.07) is 14.8. The minimum absolute atomic E-state index is 0.584. The van der Waals surface area contributed by atoms with Crippen molar-refractivity contribution in [2.45, 2.75) is 0 Å². The third-order valence-electron chi connectivity index (χ3n) is 2.39. The molecule has 0 bridgehead atoms. The lowest BCUT2D eigenvalue weighted by molar-refractivity contribution is 1.24. The van der Waals surface area contributed by atoms with Crippen LogP contribution in [0.5, 0.6) is 0 Å². The van der Waals surface area contributed by atoms with Gasteiger partial charge in [0.2, 0.25) is 0 Å². The molecule has 2 N–H and O–H groups in total. The molecule has 0 heterocycles. The van der Waals surface area contributed by atoms with Crippen LogP contribution in [0.25, 0.3) is 0 Å². The third-order valence-corrected chi connectivity index (χ3v) is 3.05. The fraction of sp³-hybridized carbons (Fsp3) is 0. The van der Waals surface area contributed by atoms with Gasteiger partial charge in [-0.15, -0.1) is 0 Å². The van der Waals surface area contributed by atoms with Gasteiger partial charge in [-0.05, 0) is 12.1 Å². The van der Waals surface area contributed by atoms with E-state index in [-0.39, 0.29) is 0 Å². The number of nitrogens with zero attached hydrogens (tertiary/aromatic N) is 1. The van der Waals surface area contributed by atoms with Crippen molar-refractivity contribution in [2.75, 3.05) is 0 Å². The van der Waals surface area contributed by atoms with Gasteiger partial charge in [0.05, 0.1) is 10.0 Å². The number of hydrogen-bond donors (Lipinski definition) is 1. The maximum absolute atomic E-state index is 6.12. The molecule has 2 aromatic carbocycles. The van der Waals surface area contributed by atoms with Gasteiger partial charge in [-0.3, -0.25) is 0 Å². The zero-order chi connectivity index (χ0) is 12.3. The Labute approximate surface area is 110 Å². The molecule has 0 saturated heterocycles. The Bertz CT molecular complexity index is 517. The first-order valence-corrected chi connectivity index (χ1v) is 5.77. The standard InChI is InChI=1S/C13H10Cl2N2/c14-11-7-3-1-5-9(11)13(17-16)10-6-2-4-8-12(10)15/h1-8H,16H2. The Hall–Kier alpha value is -1.51. The summed E-state index contributed by atoms with van der Waals surface area (Å²) in [6.07, 6.45) is 0. The Kier molecular flexibility index (Phi) is 3.67. The van der Waals surface area contributed by atoms with E-state index in [0.717, 1.165) is 11.1 Å². The van der Waals surface area contributed by atoms with Crippen molar-refractivity contribution in [3.8, 4) is 0 Å². The molecule has 0 aromatic heterocycles. The second-order valence-corrected chi connectivity index (χ2v) is 4.25. The SMILES string of the molecule is NN=C(c1ccccc1Cl)c1ccccc1Cl. The van der Waals surface area contributed by atoms with Gasteiger partial charge in [0.15, 0.2) is 0 Å². The third kappa shape index (κ3) is 2.43. The summed E-state index contributed by atoms with van der Waals surface area (Å²) in [6.45, 7) is 0. The van der Waals surface area contributed by atoms with Crippen molar-refractivity contribution in [3.63, 3.8) is 0 Å². The van der Waals surface area contributed by atoms with Crippen LogP contribution in [0.1, 0.15) is 11.1 Å². The molecule has 0 aliphatic heterocycles. The van der Waals surface area contributed by atoms with Crippen molar-refractivity contribution in [1.29, 1.82) is 0 Å². The minimum atomic E-state index is 0.584. The van der Waals surface area contributed by atoms with Crippen molar-refractivity contribution in [3.05, 3.63) is 69.7 Å².